The van der Waals surface area contributed by atoms with Crippen LogP contribution in [0.2, 0.25) is 0 Å². The van der Waals surface area contributed by atoms with Gasteiger partial charge in [0.2, 0.25) is 0 Å². The molecule has 0 atom stereocenters. The van der Waals surface area contributed by atoms with Crippen LogP contribution in [0.25, 0.3) is 0 Å². The molecule has 0 unspecified atom stereocenters. The van der Waals surface area contributed by atoms with Gasteiger partial charge in [0, 0.05) is 22.6 Å². The minimum Gasteiger partial charge on any atom is -0.378 e. The first-order valence-electron chi connectivity index (χ1n) is 5.59. The lowest BCUT2D eigenvalue weighted by molar-refractivity contribution is 0.582. The molecule has 0 bridgehead atoms. The molecule has 0 aromatic heterocycles. The Balaban J connectivity index is 2.24. The highest BCUT2D eigenvalue weighted by Gasteiger charge is 2.11. The van der Waals surface area contributed by atoms with Crippen LogP contribution in [0.1, 0.15) is 11.1 Å². The normalized spacial score (nSPS) is 10.2. The average Bonchev–Trinajstić information content (AvgIpc) is 2.39. The molecule has 2 rings (SSSR count). The predicted molar refractivity (Wildman–Crippen MR) is 72.5 cm³/mol. The molecule has 0 spiro atoms. The third-order valence-corrected chi connectivity index (χ3v) is 3.29. The fraction of sp³-hybridized carbons (Fsp3) is 0.0714. The van der Waals surface area contributed by atoms with E-state index in [4.69, 9.17) is 5.26 Å². The second-order valence-corrected chi connectivity index (χ2v) is 4.84. The number of hydrogen-bond acceptors (Lipinski definition) is 2. The first-order valence-corrected chi connectivity index (χ1v) is 6.38. The molecule has 20 heavy (non-hydrogen) atoms. The summed E-state index contributed by atoms with van der Waals surface area (Å²) in [4.78, 5) is 0. The summed E-state index contributed by atoms with van der Waals surface area (Å²) in [6.45, 7) is -0.0253. The molecule has 2 aromatic rings. The fourth-order valence-corrected chi connectivity index (χ4v) is 2.25. The Bertz CT molecular complexity index is 672. The number of hydrogen-bond donors (Lipinski definition) is 1. The number of anilines is 1. The molecule has 1 N–H and O–H groups in total. The van der Waals surface area contributed by atoms with Crippen molar-refractivity contribution < 1.29 is 13.2 Å². The lowest BCUT2D eigenvalue weighted by Gasteiger charge is -2.11. The van der Waals surface area contributed by atoms with Crippen molar-refractivity contribution in [2.45, 2.75) is 6.54 Å². The van der Waals surface area contributed by atoms with Crippen molar-refractivity contribution in [3.05, 3.63) is 63.4 Å². The molecule has 0 aliphatic rings. The molecule has 102 valence electrons. The summed E-state index contributed by atoms with van der Waals surface area (Å²) in [5, 5.41) is 11.4. The van der Waals surface area contributed by atoms with Crippen LogP contribution in [0.15, 0.2) is 34.8 Å². The molecule has 0 aliphatic heterocycles. The first-order chi connectivity index (χ1) is 9.52. The van der Waals surface area contributed by atoms with Gasteiger partial charge < -0.3 is 5.32 Å². The SMILES string of the molecule is N#Cc1cccc(CNc2c(F)cc(F)cc2Br)c1F. The molecule has 0 heterocycles. The van der Waals surface area contributed by atoms with Gasteiger partial charge in [-0.05, 0) is 28.1 Å². The van der Waals surface area contributed by atoms with Crippen molar-refractivity contribution >= 4 is 21.6 Å². The van der Waals surface area contributed by atoms with Crippen LogP contribution in [0, 0.1) is 28.8 Å². The second kappa shape index (κ2) is 5.97. The van der Waals surface area contributed by atoms with E-state index in [1.165, 1.54) is 18.2 Å². The van der Waals surface area contributed by atoms with Gasteiger partial charge in [0.05, 0.1) is 11.3 Å². The highest BCUT2D eigenvalue weighted by atomic mass is 79.9. The molecule has 6 heteroatoms. The smallest absolute Gasteiger partial charge is 0.150 e. The van der Waals surface area contributed by atoms with E-state index in [-0.39, 0.29) is 27.8 Å². The van der Waals surface area contributed by atoms with Gasteiger partial charge in [0.25, 0.3) is 0 Å². The lowest BCUT2D eigenvalue weighted by atomic mass is 10.1. The lowest BCUT2D eigenvalue weighted by Crippen LogP contribution is -2.05. The Morgan fingerprint density at radius 2 is 1.95 bits per heavy atom. The van der Waals surface area contributed by atoms with Crippen LogP contribution in [-0.4, -0.2) is 0 Å². The Labute approximate surface area is 122 Å². The second-order valence-electron chi connectivity index (χ2n) is 3.99. The van der Waals surface area contributed by atoms with E-state index >= 15 is 0 Å². The number of nitrogens with one attached hydrogen (secondary N) is 1. The maximum absolute atomic E-state index is 13.8. The van der Waals surface area contributed by atoms with Gasteiger partial charge in [-0.3, -0.25) is 0 Å². The zero-order valence-electron chi connectivity index (χ0n) is 10.1. The van der Waals surface area contributed by atoms with Crippen molar-refractivity contribution in [1.29, 1.82) is 5.26 Å². The van der Waals surface area contributed by atoms with Gasteiger partial charge in [0.1, 0.15) is 23.5 Å². The third-order valence-electron chi connectivity index (χ3n) is 2.66. The van der Waals surface area contributed by atoms with E-state index < -0.39 is 17.5 Å². The number of benzene rings is 2. The summed E-state index contributed by atoms with van der Waals surface area (Å²) in [6.07, 6.45) is 0. The zero-order valence-corrected chi connectivity index (χ0v) is 11.6. The van der Waals surface area contributed by atoms with E-state index in [9.17, 15) is 13.2 Å². The van der Waals surface area contributed by atoms with Crippen LogP contribution in [0.3, 0.4) is 0 Å². The number of halogens is 4. The summed E-state index contributed by atoms with van der Waals surface area (Å²) in [5.41, 5.74) is 0.177. The number of rotatable bonds is 3. The summed E-state index contributed by atoms with van der Waals surface area (Å²) in [7, 11) is 0. The van der Waals surface area contributed by atoms with Gasteiger partial charge in [-0.25, -0.2) is 13.2 Å². The van der Waals surface area contributed by atoms with Crippen molar-refractivity contribution in [1.82, 2.24) is 0 Å². The van der Waals surface area contributed by atoms with E-state index in [1.807, 2.05) is 0 Å². The third kappa shape index (κ3) is 2.94. The monoisotopic (exact) mass is 340 g/mol. The molecular weight excluding hydrogens is 333 g/mol. The van der Waals surface area contributed by atoms with Crippen LogP contribution in [0.5, 0.6) is 0 Å². The van der Waals surface area contributed by atoms with E-state index in [0.717, 1.165) is 12.1 Å². The number of nitriles is 1. The van der Waals surface area contributed by atoms with Gasteiger partial charge in [-0.15, -0.1) is 0 Å². The quantitative estimate of drug-likeness (QED) is 0.901. The molecule has 0 saturated carbocycles. The molecule has 0 fully saturated rings. The first kappa shape index (κ1) is 14.4. The van der Waals surface area contributed by atoms with Crippen LogP contribution in [-0.2, 0) is 6.54 Å². The van der Waals surface area contributed by atoms with Crippen LogP contribution >= 0.6 is 15.9 Å². The molecule has 0 aliphatic carbocycles. The highest BCUT2D eigenvalue weighted by Crippen LogP contribution is 2.27. The standard InChI is InChI=1S/C14H8BrF3N2/c15-11-4-10(16)5-12(17)14(11)20-7-9-3-1-2-8(6-19)13(9)18/h1-5,20H,7H2. The van der Waals surface area contributed by atoms with Gasteiger partial charge in [0.15, 0.2) is 0 Å². The van der Waals surface area contributed by atoms with Crippen molar-refractivity contribution in [2.24, 2.45) is 0 Å². The maximum Gasteiger partial charge on any atom is 0.150 e. The Morgan fingerprint density at radius 1 is 1.20 bits per heavy atom. The van der Waals surface area contributed by atoms with Crippen LogP contribution in [0.4, 0.5) is 18.9 Å². The van der Waals surface area contributed by atoms with Crippen LogP contribution < -0.4 is 5.32 Å². The topological polar surface area (TPSA) is 35.8 Å². The number of nitrogens with zero attached hydrogens (tertiary/aromatic N) is 1. The Hall–Kier alpha value is -2.00. The highest BCUT2D eigenvalue weighted by molar-refractivity contribution is 9.10. The molecule has 0 saturated heterocycles. The fourth-order valence-electron chi connectivity index (χ4n) is 1.70. The van der Waals surface area contributed by atoms with Gasteiger partial charge in [-0.1, -0.05) is 12.1 Å². The average molecular weight is 341 g/mol. The van der Waals surface area contributed by atoms with Crippen molar-refractivity contribution in [3.8, 4) is 6.07 Å². The summed E-state index contributed by atoms with van der Waals surface area (Å²) < 4.78 is 40.5. The minimum atomic E-state index is -0.784. The molecule has 0 amide bonds. The molecular formula is C14H8BrF3N2. The maximum atomic E-state index is 13.8. The largest absolute Gasteiger partial charge is 0.378 e. The van der Waals surface area contributed by atoms with Gasteiger partial charge in [-0.2, -0.15) is 5.26 Å². The predicted octanol–water partition coefficient (Wildman–Crippen LogP) is 4.35. The summed E-state index contributed by atoms with van der Waals surface area (Å²) >= 11 is 3.03. The van der Waals surface area contributed by atoms with E-state index in [0.29, 0.717) is 0 Å². The minimum absolute atomic E-state index is 0.0253. The summed E-state index contributed by atoms with van der Waals surface area (Å²) in [5.74, 6) is -2.15. The van der Waals surface area contributed by atoms with Crippen molar-refractivity contribution in [3.63, 3.8) is 0 Å². The Kier molecular flexibility index (Phi) is 4.30. The molecule has 2 aromatic carbocycles. The van der Waals surface area contributed by atoms with Gasteiger partial charge >= 0.3 is 0 Å². The Morgan fingerprint density at radius 3 is 2.60 bits per heavy atom. The summed E-state index contributed by atoms with van der Waals surface area (Å²) in [6, 6.07) is 7.94. The molecule has 2 nitrogen and oxygen atoms in total. The molecule has 0 radical (unpaired) electrons. The van der Waals surface area contributed by atoms with E-state index in [2.05, 4.69) is 21.2 Å². The van der Waals surface area contributed by atoms with Crippen molar-refractivity contribution in [2.75, 3.05) is 5.32 Å². The zero-order chi connectivity index (χ0) is 14.7. The van der Waals surface area contributed by atoms with E-state index in [1.54, 1.807) is 6.07 Å².